The van der Waals surface area contributed by atoms with Gasteiger partial charge >= 0.3 is 12.0 Å². The van der Waals surface area contributed by atoms with Crippen LogP contribution in [0.2, 0.25) is 0 Å². The van der Waals surface area contributed by atoms with Crippen LogP contribution in [0.4, 0.5) is 4.79 Å². The molecule has 0 saturated carbocycles. The van der Waals surface area contributed by atoms with Gasteiger partial charge in [0.25, 0.3) is 0 Å². The highest BCUT2D eigenvalue weighted by molar-refractivity contribution is 5.87. The zero-order chi connectivity index (χ0) is 15.8. The second-order valence-electron chi connectivity index (χ2n) is 4.54. The number of carbonyl (C=O) groups excluding carboxylic acids is 2. The van der Waals surface area contributed by atoms with Crippen molar-refractivity contribution in [3.8, 4) is 0 Å². The van der Waals surface area contributed by atoms with Crippen LogP contribution in [-0.2, 0) is 16.0 Å². The first-order valence-corrected chi connectivity index (χ1v) is 6.31. The van der Waals surface area contributed by atoms with Crippen LogP contribution in [0.15, 0.2) is 24.5 Å². The lowest BCUT2D eigenvalue weighted by Gasteiger charge is -2.20. The van der Waals surface area contributed by atoms with Gasteiger partial charge < -0.3 is 21.1 Å². The van der Waals surface area contributed by atoms with Crippen molar-refractivity contribution in [1.82, 2.24) is 15.2 Å². The van der Waals surface area contributed by atoms with E-state index in [9.17, 15) is 14.4 Å². The van der Waals surface area contributed by atoms with E-state index in [4.69, 9.17) is 10.8 Å². The Morgan fingerprint density at radius 3 is 2.52 bits per heavy atom. The standard InChI is InChI=1S/C13H18N4O4/c1-17(7-4-9-2-5-15-6-3-9)13(21)16-10(12(19)20)8-11(14)18/h2-3,5-6,10H,4,7-8H2,1H3,(H2,14,18)(H,16,21)(H,19,20). The summed E-state index contributed by atoms with van der Waals surface area (Å²) in [7, 11) is 1.54. The Labute approximate surface area is 121 Å². The number of rotatable bonds is 7. The van der Waals surface area contributed by atoms with E-state index >= 15 is 0 Å². The molecular formula is C13H18N4O4. The van der Waals surface area contributed by atoms with Gasteiger partial charge in [0.1, 0.15) is 6.04 Å². The fourth-order valence-electron chi connectivity index (χ4n) is 1.61. The van der Waals surface area contributed by atoms with Crippen molar-refractivity contribution in [3.05, 3.63) is 30.1 Å². The SMILES string of the molecule is CN(CCc1ccncc1)C(=O)NC(CC(N)=O)C(=O)O. The lowest BCUT2D eigenvalue weighted by molar-refractivity contribution is -0.140. The van der Waals surface area contributed by atoms with Crippen molar-refractivity contribution in [1.29, 1.82) is 0 Å². The number of urea groups is 1. The molecule has 0 radical (unpaired) electrons. The van der Waals surface area contributed by atoms with Crippen molar-refractivity contribution in [2.75, 3.05) is 13.6 Å². The maximum absolute atomic E-state index is 11.8. The van der Waals surface area contributed by atoms with Crippen LogP contribution in [0.3, 0.4) is 0 Å². The Balaban J connectivity index is 2.49. The average Bonchev–Trinajstić information content (AvgIpc) is 2.44. The van der Waals surface area contributed by atoms with Crippen LogP contribution >= 0.6 is 0 Å². The first-order chi connectivity index (χ1) is 9.90. The van der Waals surface area contributed by atoms with Gasteiger partial charge in [0.15, 0.2) is 0 Å². The minimum absolute atomic E-state index is 0.402. The van der Waals surface area contributed by atoms with Gasteiger partial charge in [-0.1, -0.05) is 0 Å². The number of aromatic nitrogens is 1. The Bertz CT molecular complexity index is 506. The Morgan fingerprint density at radius 2 is 2.00 bits per heavy atom. The summed E-state index contributed by atoms with van der Waals surface area (Å²) in [6, 6.07) is 1.77. The van der Waals surface area contributed by atoms with Gasteiger partial charge in [0, 0.05) is 26.0 Å². The fraction of sp³-hybridized carbons (Fsp3) is 0.385. The Kier molecular flexibility index (Phi) is 6.12. The third kappa shape index (κ3) is 5.89. The second-order valence-corrected chi connectivity index (χ2v) is 4.54. The summed E-state index contributed by atoms with van der Waals surface area (Å²) in [5.74, 6) is -2.09. The zero-order valence-corrected chi connectivity index (χ0v) is 11.7. The lowest BCUT2D eigenvalue weighted by atomic mass is 10.2. The summed E-state index contributed by atoms with van der Waals surface area (Å²) in [6.07, 6.45) is 3.48. The van der Waals surface area contributed by atoms with E-state index in [0.29, 0.717) is 13.0 Å². The molecule has 1 rings (SSSR count). The van der Waals surface area contributed by atoms with Crippen molar-refractivity contribution in [2.24, 2.45) is 5.73 Å². The predicted octanol–water partition coefficient (Wildman–Crippen LogP) is -0.406. The molecule has 0 fully saturated rings. The molecule has 4 N–H and O–H groups in total. The molecule has 0 spiro atoms. The molecule has 1 aromatic rings. The third-order valence-electron chi connectivity index (χ3n) is 2.83. The van der Waals surface area contributed by atoms with E-state index in [-0.39, 0.29) is 0 Å². The van der Waals surface area contributed by atoms with Crippen LogP contribution in [0.25, 0.3) is 0 Å². The van der Waals surface area contributed by atoms with Crippen LogP contribution in [0.1, 0.15) is 12.0 Å². The molecule has 114 valence electrons. The number of carbonyl (C=O) groups is 3. The first kappa shape index (κ1) is 16.4. The largest absolute Gasteiger partial charge is 0.480 e. The first-order valence-electron chi connectivity index (χ1n) is 6.31. The summed E-state index contributed by atoms with van der Waals surface area (Å²) in [6.45, 7) is 0.402. The highest BCUT2D eigenvalue weighted by Crippen LogP contribution is 2.00. The van der Waals surface area contributed by atoms with Crippen LogP contribution in [-0.4, -0.2) is 52.5 Å². The van der Waals surface area contributed by atoms with Crippen molar-refractivity contribution >= 4 is 17.9 Å². The molecule has 1 aromatic heterocycles. The van der Waals surface area contributed by atoms with Crippen LogP contribution in [0, 0.1) is 0 Å². The number of nitrogens with one attached hydrogen (secondary N) is 1. The average molecular weight is 294 g/mol. The number of nitrogens with zero attached hydrogens (tertiary/aromatic N) is 2. The van der Waals surface area contributed by atoms with E-state index in [2.05, 4.69) is 10.3 Å². The van der Waals surface area contributed by atoms with Gasteiger partial charge in [-0.05, 0) is 24.1 Å². The molecule has 0 saturated heterocycles. The van der Waals surface area contributed by atoms with Crippen molar-refractivity contribution in [2.45, 2.75) is 18.9 Å². The second kappa shape index (κ2) is 7.83. The summed E-state index contributed by atoms with van der Waals surface area (Å²) >= 11 is 0. The number of hydrogen-bond acceptors (Lipinski definition) is 4. The number of amides is 3. The number of aliphatic carboxylic acids is 1. The van der Waals surface area contributed by atoms with Crippen molar-refractivity contribution in [3.63, 3.8) is 0 Å². The lowest BCUT2D eigenvalue weighted by Crippen LogP contribution is -2.48. The third-order valence-corrected chi connectivity index (χ3v) is 2.83. The molecule has 0 aliphatic rings. The topological polar surface area (TPSA) is 126 Å². The molecule has 1 unspecified atom stereocenters. The number of primary amides is 1. The van der Waals surface area contributed by atoms with E-state index < -0.39 is 30.4 Å². The number of carboxylic acids is 1. The minimum atomic E-state index is -1.32. The van der Waals surface area contributed by atoms with Gasteiger partial charge in [0.05, 0.1) is 6.42 Å². The van der Waals surface area contributed by atoms with Gasteiger partial charge in [-0.2, -0.15) is 0 Å². The summed E-state index contributed by atoms with van der Waals surface area (Å²) in [5.41, 5.74) is 5.96. The fourth-order valence-corrected chi connectivity index (χ4v) is 1.61. The normalized spacial score (nSPS) is 11.5. The molecule has 1 heterocycles. The Hall–Kier alpha value is -2.64. The van der Waals surface area contributed by atoms with Crippen molar-refractivity contribution < 1.29 is 19.5 Å². The highest BCUT2D eigenvalue weighted by atomic mass is 16.4. The monoisotopic (exact) mass is 294 g/mol. The van der Waals surface area contributed by atoms with E-state index in [0.717, 1.165) is 5.56 Å². The molecule has 8 nitrogen and oxygen atoms in total. The number of likely N-dealkylation sites (N-methyl/N-ethyl adjacent to an activating group) is 1. The minimum Gasteiger partial charge on any atom is -0.480 e. The van der Waals surface area contributed by atoms with E-state index in [1.54, 1.807) is 19.4 Å². The molecule has 0 aliphatic carbocycles. The zero-order valence-electron chi connectivity index (χ0n) is 11.7. The van der Waals surface area contributed by atoms with Crippen LogP contribution < -0.4 is 11.1 Å². The number of hydrogen-bond donors (Lipinski definition) is 3. The smallest absolute Gasteiger partial charge is 0.326 e. The van der Waals surface area contributed by atoms with Gasteiger partial charge in [-0.15, -0.1) is 0 Å². The summed E-state index contributed by atoms with van der Waals surface area (Å²) in [5, 5.41) is 11.2. The van der Waals surface area contributed by atoms with E-state index in [1.807, 2.05) is 12.1 Å². The molecule has 0 aromatic carbocycles. The Morgan fingerprint density at radius 1 is 1.38 bits per heavy atom. The van der Waals surface area contributed by atoms with Gasteiger partial charge in [0.2, 0.25) is 5.91 Å². The molecule has 1 atom stereocenters. The van der Waals surface area contributed by atoms with Crippen LogP contribution in [0.5, 0.6) is 0 Å². The molecule has 0 aliphatic heterocycles. The summed E-state index contributed by atoms with van der Waals surface area (Å²) in [4.78, 5) is 38.8. The maximum atomic E-state index is 11.8. The molecular weight excluding hydrogens is 276 g/mol. The summed E-state index contributed by atoms with van der Waals surface area (Å²) < 4.78 is 0. The maximum Gasteiger partial charge on any atom is 0.326 e. The quantitative estimate of drug-likeness (QED) is 0.630. The predicted molar refractivity (Wildman–Crippen MR) is 74.3 cm³/mol. The number of pyridine rings is 1. The highest BCUT2D eigenvalue weighted by Gasteiger charge is 2.23. The molecule has 0 bridgehead atoms. The van der Waals surface area contributed by atoms with E-state index in [1.165, 1.54) is 4.90 Å². The molecule has 8 heteroatoms. The molecule has 21 heavy (non-hydrogen) atoms. The molecule has 3 amide bonds. The van der Waals surface area contributed by atoms with Gasteiger partial charge in [-0.3, -0.25) is 9.78 Å². The number of nitrogens with two attached hydrogens (primary N) is 1. The number of carboxylic acid groups (broad SMARTS) is 1. The van der Waals surface area contributed by atoms with Gasteiger partial charge in [-0.25, -0.2) is 9.59 Å².